The third kappa shape index (κ3) is 5.14. The zero-order chi connectivity index (χ0) is 16.7. The summed E-state index contributed by atoms with van der Waals surface area (Å²) in [5.41, 5.74) is -0.0473. The lowest BCUT2D eigenvalue weighted by atomic mass is 10.1. The van der Waals surface area contributed by atoms with Crippen molar-refractivity contribution < 1.29 is 19.0 Å². The van der Waals surface area contributed by atoms with Crippen LogP contribution >= 0.6 is 11.6 Å². The van der Waals surface area contributed by atoms with Gasteiger partial charge in [0.1, 0.15) is 5.82 Å². The number of carbonyl (C=O) groups is 1. The van der Waals surface area contributed by atoms with Crippen LogP contribution in [0.5, 0.6) is 0 Å². The second-order valence-electron chi connectivity index (χ2n) is 5.42. The fraction of sp³-hybridized carbons (Fsp3) is 0.562. The van der Waals surface area contributed by atoms with Crippen molar-refractivity contribution >= 4 is 17.5 Å². The van der Waals surface area contributed by atoms with E-state index in [9.17, 15) is 9.18 Å². The molecule has 0 spiro atoms. The summed E-state index contributed by atoms with van der Waals surface area (Å²) in [6.45, 7) is 4.34. The molecule has 0 bridgehead atoms. The Morgan fingerprint density at radius 3 is 2.83 bits per heavy atom. The number of hydrogen-bond donors (Lipinski definition) is 1. The van der Waals surface area contributed by atoms with E-state index in [4.69, 9.17) is 21.4 Å². The SMILES string of the molecule is O=C(c1c(F)cccc1Cl)N1CCCN(CCOCCO)CC1. The second-order valence-corrected chi connectivity index (χ2v) is 5.83. The first-order valence-corrected chi connectivity index (χ1v) is 8.15. The third-order valence-corrected chi connectivity index (χ3v) is 4.15. The Kier molecular flexibility index (Phi) is 7.23. The van der Waals surface area contributed by atoms with Crippen molar-refractivity contribution in [2.45, 2.75) is 6.42 Å². The van der Waals surface area contributed by atoms with Crippen LogP contribution in [-0.2, 0) is 4.74 Å². The quantitative estimate of drug-likeness (QED) is 0.797. The number of halogens is 2. The van der Waals surface area contributed by atoms with Gasteiger partial charge in [0.25, 0.3) is 5.91 Å². The number of ether oxygens (including phenoxy) is 1. The molecule has 1 fully saturated rings. The fourth-order valence-electron chi connectivity index (χ4n) is 2.62. The molecule has 0 unspecified atom stereocenters. The van der Waals surface area contributed by atoms with Crippen molar-refractivity contribution in [3.63, 3.8) is 0 Å². The van der Waals surface area contributed by atoms with Gasteiger partial charge in [-0.3, -0.25) is 9.69 Å². The monoisotopic (exact) mass is 344 g/mol. The summed E-state index contributed by atoms with van der Waals surface area (Å²) in [4.78, 5) is 16.4. The minimum absolute atomic E-state index is 0.0195. The average Bonchev–Trinajstić information content (AvgIpc) is 2.77. The van der Waals surface area contributed by atoms with Gasteiger partial charge in [-0.05, 0) is 25.1 Å². The van der Waals surface area contributed by atoms with Gasteiger partial charge in [0.2, 0.25) is 0 Å². The Bertz CT molecular complexity index is 510. The Morgan fingerprint density at radius 2 is 2.09 bits per heavy atom. The minimum atomic E-state index is -0.582. The summed E-state index contributed by atoms with van der Waals surface area (Å²) < 4.78 is 19.2. The minimum Gasteiger partial charge on any atom is -0.394 e. The Balaban J connectivity index is 1.91. The summed E-state index contributed by atoms with van der Waals surface area (Å²) in [7, 11) is 0. The fourth-order valence-corrected chi connectivity index (χ4v) is 2.86. The molecule has 0 radical (unpaired) electrons. The van der Waals surface area contributed by atoms with Crippen molar-refractivity contribution in [2.75, 3.05) is 52.5 Å². The normalized spacial score (nSPS) is 16.4. The van der Waals surface area contributed by atoms with E-state index in [0.29, 0.717) is 32.8 Å². The summed E-state index contributed by atoms with van der Waals surface area (Å²) in [5, 5.41) is 8.82. The molecular formula is C16H22ClFN2O3. The van der Waals surface area contributed by atoms with Gasteiger partial charge >= 0.3 is 0 Å². The molecule has 1 aliphatic heterocycles. The maximum Gasteiger partial charge on any atom is 0.258 e. The van der Waals surface area contributed by atoms with Gasteiger partial charge < -0.3 is 14.7 Å². The average molecular weight is 345 g/mol. The topological polar surface area (TPSA) is 53.0 Å². The van der Waals surface area contributed by atoms with E-state index < -0.39 is 5.82 Å². The lowest BCUT2D eigenvalue weighted by Crippen LogP contribution is -2.36. The molecular weight excluding hydrogens is 323 g/mol. The molecule has 0 aliphatic carbocycles. The largest absolute Gasteiger partial charge is 0.394 e. The molecule has 1 aromatic rings. The van der Waals surface area contributed by atoms with E-state index in [1.807, 2.05) is 0 Å². The van der Waals surface area contributed by atoms with E-state index in [2.05, 4.69) is 4.90 Å². The number of amides is 1. The van der Waals surface area contributed by atoms with Crippen LogP contribution in [0.3, 0.4) is 0 Å². The molecule has 128 valence electrons. The Hall–Kier alpha value is -1.21. The third-order valence-electron chi connectivity index (χ3n) is 3.84. The second kappa shape index (κ2) is 9.17. The summed E-state index contributed by atoms with van der Waals surface area (Å²) in [6, 6.07) is 4.27. The van der Waals surface area contributed by atoms with Crippen molar-refractivity contribution in [3.05, 3.63) is 34.6 Å². The molecule has 23 heavy (non-hydrogen) atoms. The molecule has 5 nitrogen and oxygen atoms in total. The number of aliphatic hydroxyl groups is 1. The number of aliphatic hydroxyl groups excluding tert-OH is 1. The number of nitrogens with zero attached hydrogens (tertiary/aromatic N) is 2. The number of carbonyl (C=O) groups excluding carboxylic acids is 1. The lowest BCUT2D eigenvalue weighted by molar-refractivity contribution is 0.0710. The summed E-state index contributed by atoms with van der Waals surface area (Å²) in [5.74, 6) is -0.938. The van der Waals surface area contributed by atoms with Gasteiger partial charge in [-0.25, -0.2) is 4.39 Å². The van der Waals surface area contributed by atoms with Crippen LogP contribution in [-0.4, -0.2) is 73.4 Å². The first-order chi connectivity index (χ1) is 11.1. The predicted molar refractivity (Wildman–Crippen MR) is 86.3 cm³/mol. The smallest absolute Gasteiger partial charge is 0.258 e. The van der Waals surface area contributed by atoms with Gasteiger partial charge in [-0.2, -0.15) is 0 Å². The van der Waals surface area contributed by atoms with Crippen LogP contribution in [0.2, 0.25) is 5.02 Å². The highest BCUT2D eigenvalue weighted by Crippen LogP contribution is 2.21. The molecule has 7 heteroatoms. The van der Waals surface area contributed by atoms with E-state index in [0.717, 1.165) is 19.5 Å². The first kappa shape index (κ1) is 18.1. The van der Waals surface area contributed by atoms with Crippen LogP contribution in [0.15, 0.2) is 18.2 Å². The zero-order valence-electron chi connectivity index (χ0n) is 13.0. The maximum atomic E-state index is 13.9. The van der Waals surface area contributed by atoms with Crippen molar-refractivity contribution in [3.8, 4) is 0 Å². The van der Waals surface area contributed by atoms with Gasteiger partial charge in [0.15, 0.2) is 0 Å². The van der Waals surface area contributed by atoms with E-state index in [-0.39, 0.29) is 23.1 Å². The maximum absolute atomic E-state index is 13.9. The molecule has 0 aromatic heterocycles. The van der Waals surface area contributed by atoms with Crippen LogP contribution in [0.25, 0.3) is 0 Å². The zero-order valence-corrected chi connectivity index (χ0v) is 13.8. The van der Waals surface area contributed by atoms with Crippen molar-refractivity contribution in [1.82, 2.24) is 9.80 Å². The highest BCUT2D eigenvalue weighted by Gasteiger charge is 2.24. The number of rotatable bonds is 6. The predicted octanol–water partition coefficient (Wildman–Crippen LogP) is 1.64. The lowest BCUT2D eigenvalue weighted by Gasteiger charge is -2.22. The molecule has 1 heterocycles. The summed E-state index contributed by atoms with van der Waals surface area (Å²) >= 11 is 5.98. The molecule has 1 saturated heterocycles. The highest BCUT2D eigenvalue weighted by atomic mass is 35.5. The van der Waals surface area contributed by atoms with E-state index in [1.165, 1.54) is 18.2 Å². The van der Waals surface area contributed by atoms with E-state index >= 15 is 0 Å². The van der Waals surface area contributed by atoms with Crippen LogP contribution in [0.1, 0.15) is 16.8 Å². The number of hydrogen-bond acceptors (Lipinski definition) is 4. The molecule has 0 saturated carbocycles. The van der Waals surface area contributed by atoms with Gasteiger partial charge in [0, 0.05) is 26.2 Å². The van der Waals surface area contributed by atoms with Crippen LogP contribution in [0, 0.1) is 5.82 Å². The molecule has 1 N–H and O–H groups in total. The van der Waals surface area contributed by atoms with Crippen LogP contribution < -0.4 is 0 Å². The standard InChI is InChI=1S/C16H22ClFN2O3/c17-13-3-1-4-14(18)15(13)16(22)20-6-2-5-19(7-8-20)9-11-23-12-10-21/h1,3-4,21H,2,5-12H2. The molecule has 0 atom stereocenters. The highest BCUT2D eigenvalue weighted by molar-refractivity contribution is 6.33. The van der Waals surface area contributed by atoms with Gasteiger partial charge in [-0.1, -0.05) is 17.7 Å². The van der Waals surface area contributed by atoms with E-state index in [1.54, 1.807) is 4.90 Å². The van der Waals surface area contributed by atoms with Crippen LogP contribution in [0.4, 0.5) is 4.39 Å². The Labute approximate surface area is 140 Å². The molecule has 1 aromatic carbocycles. The summed E-state index contributed by atoms with van der Waals surface area (Å²) in [6.07, 6.45) is 0.817. The van der Waals surface area contributed by atoms with Gasteiger partial charge in [0.05, 0.1) is 30.4 Å². The molecule has 1 aliphatic rings. The van der Waals surface area contributed by atoms with Crippen molar-refractivity contribution in [1.29, 1.82) is 0 Å². The van der Waals surface area contributed by atoms with Crippen molar-refractivity contribution in [2.24, 2.45) is 0 Å². The first-order valence-electron chi connectivity index (χ1n) is 7.77. The molecule has 1 amide bonds. The Morgan fingerprint density at radius 1 is 1.26 bits per heavy atom. The number of benzene rings is 1. The van der Waals surface area contributed by atoms with Gasteiger partial charge in [-0.15, -0.1) is 0 Å². The molecule has 2 rings (SSSR count).